The Morgan fingerprint density at radius 2 is 2.17 bits per heavy atom. The van der Waals surface area contributed by atoms with Gasteiger partial charge < -0.3 is 4.42 Å². The van der Waals surface area contributed by atoms with E-state index < -0.39 is 0 Å². The molecule has 0 N–H and O–H groups in total. The number of fused-ring (bicyclic) bond motifs is 1. The van der Waals surface area contributed by atoms with Crippen molar-refractivity contribution < 1.29 is 9.21 Å². The zero-order chi connectivity index (χ0) is 15.8. The summed E-state index contributed by atoms with van der Waals surface area (Å²) in [7, 11) is 0. The monoisotopic (exact) mass is 346 g/mol. The van der Waals surface area contributed by atoms with Gasteiger partial charge in [-0.1, -0.05) is 29.4 Å². The van der Waals surface area contributed by atoms with Gasteiger partial charge in [-0.05, 0) is 30.3 Å². The summed E-state index contributed by atoms with van der Waals surface area (Å²) in [5.74, 6) is 1.67. The number of thioether (sulfide) groups is 1. The molecule has 3 heterocycles. The molecule has 0 saturated heterocycles. The predicted octanol–water partition coefficient (Wildman–Crippen LogP) is 3.08. The molecule has 1 amide bonds. The average Bonchev–Trinajstić information content (AvgIpc) is 3.22. The van der Waals surface area contributed by atoms with Crippen molar-refractivity contribution in [2.45, 2.75) is 5.16 Å². The fraction of sp³-hybridized carbons (Fsp3) is 0.133. The van der Waals surface area contributed by atoms with Crippen LogP contribution in [0.4, 0.5) is 0 Å². The Morgan fingerprint density at radius 1 is 1.26 bits per heavy atom. The van der Waals surface area contributed by atoms with Gasteiger partial charge >= 0.3 is 0 Å². The Hall–Kier alpha value is -2.25. The Kier molecular flexibility index (Phi) is 3.59. The van der Waals surface area contributed by atoms with Gasteiger partial charge in [0, 0.05) is 16.3 Å². The van der Waals surface area contributed by atoms with Gasteiger partial charge in [-0.3, -0.25) is 4.79 Å². The zero-order valence-electron chi connectivity index (χ0n) is 11.8. The van der Waals surface area contributed by atoms with E-state index in [9.17, 15) is 4.79 Å². The number of amides is 1. The fourth-order valence-electron chi connectivity index (χ4n) is 2.42. The van der Waals surface area contributed by atoms with E-state index in [0.29, 0.717) is 33.9 Å². The molecule has 6 nitrogen and oxygen atoms in total. The van der Waals surface area contributed by atoms with Gasteiger partial charge in [0.2, 0.25) is 11.0 Å². The molecule has 2 aromatic heterocycles. The lowest BCUT2D eigenvalue weighted by molar-refractivity contribution is 0.0956. The van der Waals surface area contributed by atoms with Gasteiger partial charge in [-0.15, -0.1) is 10.2 Å². The summed E-state index contributed by atoms with van der Waals surface area (Å²) in [6.45, 7) is 0.550. The van der Waals surface area contributed by atoms with Crippen LogP contribution in [0.1, 0.15) is 10.4 Å². The molecule has 0 spiro atoms. The maximum absolute atomic E-state index is 12.9. The maximum Gasteiger partial charge on any atom is 0.272 e. The molecule has 0 fully saturated rings. The molecular weight excluding hydrogens is 336 g/mol. The molecule has 116 valence electrons. The SMILES string of the molecule is O=C(c1cccc(Cl)c1)N1CCSc2nnc(-c3ccco3)n21. The third-order valence-electron chi connectivity index (χ3n) is 3.44. The van der Waals surface area contributed by atoms with Crippen molar-refractivity contribution in [1.82, 2.24) is 14.9 Å². The fourth-order valence-corrected chi connectivity index (χ4v) is 3.46. The molecule has 0 bridgehead atoms. The summed E-state index contributed by atoms with van der Waals surface area (Å²) in [6, 6.07) is 10.5. The Balaban J connectivity index is 1.78. The molecule has 1 aliphatic heterocycles. The smallest absolute Gasteiger partial charge is 0.272 e. The van der Waals surface area contributed by atoms with Crippen LogP contribution in [0, 0.1) is 0 Å². The largest absolute Gasteiger partial charge is 0.461 e. The van der Waals surface area contributed by atoms with Gasteiger partial charge in [-0.2, -0.15) is 0 Å². The first-order valence-corrected chi connectivity index (χ1v) is 8.30. The summed E-state index contributed by atoms with van der Waals surface area (Å²) >= 11 is 7.55. The maximum atomic E-state index is 12.9. The summed E-state index contributed by atoms with van der Waals surface area (Å²) in [6.07, 6.45) is 1.57. The summed E-state index contributed by atoms with van der Waals surface area (Å²) in [5.41, 5.74) is 0.523. The predicted molar refractivity (Wildman–Crippen MR) is 87.3 cm³/mol. The summed E-state index contributed by atoms with van der Waals surface area (Å²) in [4.78, 5) is 12.9. The first-order chi connectivity index (χ1) is 11.2. The molecule has 0 atom stereocenters. The molecule has 0 aliphatic carbocycles. The minimum Gasteiger partial charge on any atom is -0.461 e. The molecule has 0 radical (unpaired) electrons. The number of carbonyl (C=O) groups is 1. The quantitative estimate of drug-likeness (QED) is 0.713. The average molecular weight is 347 g/mol. The van der Waals surface area contributed by atoms with E-state index in [1.807, 2.05) is 0 Å². The van der Waals surface area contributed by atoms with Crippen molar-refractivity contribution in [1.29, 1.82) is 0 Å². The van der Waals surface area contributed by atoms with E-state index in [1.54, 1.807) is 64.1 Å². The number of halogens is 1. The minimum absolute atomic E-state index is 0.151. The van der Waals surface area contributed by atoms with Crippen LogP contribution in [0.2, 0.25) is 5.02 Å². The van der Waals surface area contributed by atoms with E-state index in [-0.39, 0.29) is 5.91 Å². The van der Waals surface area contributed by atoms with Crippen LogP contribution in [0.25, 0.3) is 11.6 Å². The second-order valence-corrected chi connectivity index (χ2v) is 6.38. The molecule has 0 unspecified atom stereocenters. The number of hydrogen-bond donors (Lipinski definition) is 0. The number of rotatable bonds is 2. The molecule has 8 heteroatoms. The van der Waals surface area contributed by atoms with Crippen molar-refractivity contribution in [2.75, 3.05) is 17.3 Å². The van der Waals surface area contributed by atoms with Crippen LogP contribution < -0.4 is 5.01 Å². The van der Waals surface area contributed by atoms with Gasteiger partial charge in [0.25, 0.3) is 5.91 Å². The third kappa shape index (κ3) is 2.51. The van der Waals surface area contributed by atoms with Crippen LogP contribution in [0.5, 0.6) is 0 Å². The summed E-state index contributed by atoms with van der Waals surface area (Å²) in [5, 5.41) is 11.1. The lowest BCUT2D eigenvalue weighted by atomic mass is 10.2. The van der Waals surface area contributed by atoms with E-state index in [2.05, 4.69) is 10.2 Å². The van der Waals surface area contributed by atoms with Crippen LogP contribution >= 0.6 is 23.4 Å². The number of carbonyl (C=O) groups excluding carboxylic acids is 1. The Bertz CT molecular complexity index is 862. The van der Waals surface area contributed by atoms with Crippen molar-refractivity contribution in [3.8, 4) is 11.6 Å². The summed E-state index contributed by atoms with van der Waals surface area (Å²) < 4.78 is 7.11. The second kappa shape index (κ2) is 5.75. The van der Waals surface area contributed by atoms with Crippen molar-refractivity contribution in [2.24, 2.45) is 0 Å². The van der Waals surface area contributed by atoms with Gasteiger partial charge in [0.15, 0.2) is 5.76 Å². The highest BCUT2D eigenvalue weighted by Gasteiger charge is 2.29. The number of furan rings is 1. The van der Waals surface area contributed by atoms with Crippen molar-refractivity contribution in [3.63, 3.8) is 0 Å². The molecular formula is C15H11ClN4O2S. The molecule has 4 rings (SSSR count). The highest BCUT2D eigenvalue weighted by atomic mass is 35.5. The molecule has 1 aliphatic rings. The number of hydrogen-bond acceptors (Lipinski definition) is 5. The third-order valence-corrected chi connectivity index (χ3v) is 4.57. The van der Waals surface area contributed by atoms with Crippen LogP contribution in [0.15, 0.2) is 52.2 Å². The topological polar surface area (TPSA) is 64.2 Å². The van der Waals surface area contributed by atoms with Crippen LogP contribution in [-0.4, -0.2) is 33.1 Å². The number of aromatic nitrogens is 3. The highest BCUT2D eigenvalue weighted by molar-refractivity contribution is 7.99. The normalized spacial score (nSPS) is 13.9. The molecule has 1 aromatic carbocycles. The van der Waals surface area contributed by atoms with Gasteiger partial charge in [-0.25, -0.2) is 9.69 Å². The second-order valence-electron chi connectivity index (χ2n) is 4.88. The zero-order valence-corrected chi connectivity index (χ0v) is 13.4. The molecule has 23 heavy (non-hydrogen) atoms. The highest BCUT2D eigenvalue weighted by Crippen LogP contribution is 2.28. The lowest BCUT2D eigenvalue weighted by Gasteiger charge is -2.28. The first kappa shape index (κ1) is 14.3. The van der Waals surface area contributed by atoms with E-state index in [4.69, 9.17) is 16.0 Å². The standard InChI is InChI=1S/C15H11ClN4O2S/c16-11-4-1-3-10(9-11)14(21)19-6-8-23-15-18-17-13(20(15)19)12-5-2-7-22-12/h1-5,7,9H,6,8H2. The van der Waals surface area contributed by atoms with Crippen LogP contribution in [0.3, 0.4) is 0 Å². The number of benzene rings is 1. The first-order valence-electron chi connectivity index (χ1n) is 6.94. The van der Waals surface area contributed by atoms with Crippen molar-refractivity contribution >= 4 is 29.3 Å². The van der Waals surface area contributed by atoms with Gasteiger partial charge in [0.1, 0.15) is 0 Å². The van der Waals surface area contributed by atoms with Crippen LogP contribution in [-0.2, 0) is 0 Å². The van der Waals surface area contributed by atoms with Crippen molar-refractivity contribution in [3.05, 3.63) is 53.2 Å². The van der Waals surface area contributed by atoms with E-state index >= 15 is 0 Å². The number of nitrogens with zero attached hydrogens (tertiary/aromatic N) is 4. The molecule has 3 aromatic rings. The van der Waals surface area contributed by atoms with E-state index in [0.717, 1.165) is 5.75 Å². The molecule has 0 saturated carbocycles. The Labute approximate surface area is 141 Å². The van der Waals surface area contributed by atoms with E-state index in [1.165, 1.54) is 0 Å². The Morgan fingerprint density at radius 3 is 2.96 bits per heavy atom. The van der Waals surface area contributed by atoms with Gasteiger partial charge in [0.05, 0.1) is 12.8 Å². The minimum atomic E-state index is -0.151. The lowest BCUT2D eigenvalue weighted by Crippen LogP contribution is -2.45.